The maximum Gasteiger partial charge on any atom is 0.193 e. The molecule has 0 radical (unpaired) electrons. The van der Waals surface area contributed by atoms with Crippen LogP contribution in [0.25, 0.3) is 6.08 Å². The molecule has 0 unspecified atom stereocenters. The van der Waals surface area contributed by atoms with E-state index in [1.807, 2.05) is 0 Å². The molecule has 0 saturated heterocycles. The molecule has 0 aliphatic carbocycles. The Labute approximate surface area is 141 Å². The van der Waals surface area contributed by atoms with Crippen LogP contribution >= 0.6 is 22.6 Å². The van der Waals surface area contributed by atoms with Crippen molar-refractivity contribution < 1.29 is 13.2 Å². The van der Waals surface area contributed by atoms with Crippen LogP contribution in [0.3, 0.4) is 0 Å². The molecule has 0 aliphatic heterocycles. The van der Waals surface area contributed by atoms with Crippen molar-refractivity contribution >= 4 is 37.0 Å². The average Bonchev–Trinajstić information content (AvgIpc) is 2.72. The second kappa shape index (κ2) is 7.37. The van der Waals surface area contributed by atoms with Crippen LogP contribution in [0, 0.1) is 6.92 Å². The van der Waals surface area contributed by atoms with Crippen molar-refractivity contribution in [2.24, 2.45) is 0 Å². The molecule has 1 heterocycles. The fraction of sp³-hybridized carbons (Fsp3) is 0.667. The van der Waals surface area contributed by atoms with E-state index in [0.29, 0.717) is 18.0 Å². The molecule has 0 amide bonds. The summed E-state index contributed by atoms with van der Waals surface area (Å²) >= 11 is 2.25. The topological polar surface area (TPSA) is 35.3 Å². The van der Waals surface area contributed by atoms with E-state index in [9.17, 15) is 4.39 Å². The van der Waals surface area contributed by atoms with Crippen LogP contribution in [-0.4, -0.2) is 23.8 Å². The Bertz CT molecular complexity index is 494. The van der Waals surface area contributed by atoms with E-state index in [-0.39, 0.29) is 10.9 Å². The van der Waals surface area contributed by atoms with E-state index in [0.717, 1.165) is 4.43 Å². The Morgan fingerprint density at radius 3 is 2.57 bits per heavy atom. The highest BCUT2D eigenvalue weighted by molar-refractivity contribution is 14.1. The third-order valence-electron chi connectivity index (χ3n) is 3.84. The summed E-state index contributed by atoms with van der Waals surface area (Å²) in [5.74, 6) is 0.259. The molecule has 21 heavy (non-hydrogen) atoms. The molecule has 0 saturated carbocycles. The van der Waals surface area contributed by atoms with Crippen LogP contribution in [0.1, 0.15) is 38.8 Å². The van der Waals surface area contributed by atoms with Crippen molar-refractivity contribution in [3.8, 4) is 0 Å². The van der Waals surface area contributed by atoms with Gasteiger partial charge in [-0.25, -0.2) is 9.37 Å². The zero-order valence-electron chi connectivity index (χ0n) is 13.7. The summed E-state index contributed by atoms with van der Waals surface area (Å²) in [5, 5.41) is 0.0568. The zero-order chi connectivity index (χ0) is 16.3. The monoisotopic (exact) mass is 425 g/mol. The molecule has 1 atom stereocenters. The number of hydrogen-bond donors (Lipinski definition) is 0. The van der Waals surface area contributed by atoms with Gasteiger partial charge in [-0.1, -0.05) is 43.4 Å². The van der Waals surface area contributed by atoms with E-state index in [2.05, 4.69) is 61.4 Å². The van der Waals surface area contributed by atoms with Crippen LogP contribution in [0.2, 0.25) is 18.1 Å². The lowest BCUT2D eigenvalue weighted by molar-refractivity contribution is 0.187. The second-order valence-corrected chi connectivity index (χ2v) is 12.5. The van der Waals surface area contributed by atoms with Gasteiger partial charge in [0.05, 0.1) is 6.10 Å². The van der Waals surface area contributed by atoms with Gasteiger partial charge in [-0.3, -0.25) is 0 Å². The smallest absolute Gasteiger partial charge is 0.193 e. The lowest BCUT2D eigenvalue weighted by Gasteiger charge is -2.38. The van der Waals surface area contributed by atoms with E-state index >= 15 is 0 Å². The van der Waals surface area contributed by atoms with Gasteiger partial charge in [0, 0.05) is 17.4 Å². The van der Waals surface area contributed by atoms with E-state index in [1.54, 1.807) is 6.92 Å². The number of aromatic nitrogens is 1. The molecule has 0 spiro atoms. The normalized spacial score (nSPS) is 15.3. The van der Waals surface area contributed by atoms with Gasteiger partial charge in [0.2, 0.25) is 0 Å². The first-order valence-electron chi connectivity index (χ1n) is 7.10. The molecular weight excluding hydrogens is 400 g/mol. The summed E-state index contributed by atoms with van der Waals surface area (Å²) < 4.78 is 26.7. The summed E-state index contributed by atoms with van der Waals surface area (Å²) in [6.45, 7) is 12.5. The molecule has 1 aromatic rings. The third-order valence-corrected chi connectivity index (χ3v) is 8.95. The number of hydrogen-bond acceptors (Lipinski definition) is 3. The van der Waals surface area contributed by atoms with E-state index < -0.39 is 14.4 Å². The minimum Gasteiger partial charge on any atom is -0.449 e. The lowest BCUT2D eigenvalue weighted by Crippen LogP contribution is -2.44. The van der Waals surface area contributed by atoms with Gasteiger partial charge >= 0.3 is 0 Å². The van der Waals surface area contributed by atoms with Crippen LogP contribution in [0.4, 0.5) is 4.39 Å². The number of alkyl halides is 1. The van der Waals surface area contributed by atoms with Crippen LogP contribution in [-0.2, 0) is 4.43 Å². The fourth-order valence-electron chi connectivity index (χ4n) is 1.57. The summed E-state index contributed by atoms with van der Waals surface area (Å²) in [5.41, 5.74) is 0.502. The van der Waals surface area contributed by atoms with Crippen molar-refractivity contribution in [1.82, 2.24) is 4.98 Å². The Morgan fingerprint density at radius 2 is 2.14 bits per heavy atom. The van der Waals surface area contributed by atoms with Gasteiger partial charge in [0.15, 0.2) is 14.2 Å². The molecule has 0 aliphatic rings. The van der Waals surface area contributed by atoms with Crippen molar-refractivity contribution in [2.45, 2.75) is 58.4 Å². The number of nitrogens with zero attached hydrogens (tertiary/aromatic N) is 1. The van der Waals surface area contributed by atoms with E-state index in [1.165, 1.54) is 12.3 Å². The molecule has 0 bridgehead atoms. The molecule has 1 aromatic heterocycles. The summed E-state index contributed by atoms with van der Waals surface area (Å²) in [4.78, 5) is 4.11. The second-order valence-electron chi connectivity index (χ2n) is 6.67. The Kier molecular flexibility index (Phi) is 6.61. The van der Waals surface area contributed by atoms with Crippen LogP contribution in [0.15, 0.2) is 16.5 Å². The highest BCUT2D eigenvalue weighted by atomic mass is 127. The maximum atomic E-state index is 14.5. The van der Waals surface area contributed by atoms with E-state index in [4.69, 9.17) is 8.84 Å². The fourth-order valence-corrected chi connectivity index (χ4v) is 3.43. The number of halogens is 2. The van der Waals surface area contributed by atoms with Gasteiger partial charge in [-0.05, 0) is 24.6 Å². The Morgan fingerprint density at radius 1 is 1.52 bits per heavy atom. The molecule has 6 heteroatoms. The third kappa shape index (κ3) is 5.48. The predicted molar refractivity (Wildman–Crippen MR) is 95.9 cm³/mol. The van der Waals surface area contributed by atoms with Crippen molar-refractivity contribution in [1.29, 1.82) is 0 Å². The highest BCUT2D eigenvalue weighted by Crippen LogP contribution is 2.38. The van der Waals surface area contributed by atoms with Gasteiger partial charge < -0.3 is 8.84 Å². The van der Waals surface area contributed by atoms with Gasteiger partial charge in [-0.2, -0.15) is 0 Å². The van der Waals surface area contributed by atoms with Crippen molar-refractivity contribution in [2.75, 3.05) is 4.43 Å². The first kappa shape index (κ1) is 18.8. The van der Waals surface area contributed by atoms with Crippen molar-refractivity contribution in [3.05, 3.63) is 23.7 Å². The Hall–Kier alpha value is -0.213. The Balaban J connectivity index is 2.93. The molecule has 120 valence electrons. The summed E-state index contributed by atoms with van der Waals surface area (Å²) in [7, 11) is -2.01. The first-order chi connectivity index (χ1) is 9.56. The molecule has 1 rings (SSSR count). The van der Waals surface area contributed by atoms with Crippen LogP contribution in [0.5, 0.6) is 0 Å². The summed E-state index contributed by atoms with van der Waals surface area (Å²) in [6, 6.07) is 0. The minimum atomic E-state index is -2.01. The van der Waals surface area contributed by atoms with Gasteiger partial charge in [-0.15, -0.1) is 0 Å². The first-order valence-corrected chi connectivity index (χ1v) is 11.5. The lowest BCUT2D eigenvalue weighted by atomic mass is 10.2. The molecule has 0 fully saturated rings. The quantitative estimate of drug-likeness (QED) is 0.343. The van der Waals surface area contributed by atoms with Crippen LogP contribution < -0.4 is 0 Å². The molecular formula is C15H25FINO2Si. The molecule has 3 nitrogen and oxygen atoms in total. The maximum absolute atomic E-state index is 14.5. The highest BCUT2D eigenvalue weighted by Gasteiger charge is 2.39. The number of oxazole rings is 1. The summed E-state index contributed by atoms with van der Waals surface area (Å²) in [6.07, 6.45) is 3.04. The number of rotatable bonds is 6. The largest absolute Gasteiger partial charge is 0.449 e. The zero-order valence-corrected chi connectivity index (χ0v) is 16.8. The predicted octanol–water partition coefficient (Wildman–Crippen LogP) is 5.51. The van der Waals surface area contributed by atoms with Gasteiger partial charge in [0.1, 0.15) is 17.8 Å². The average molecular weight is 425 g/mol. The molecule has 0 aromatic carbocycles. The number of aryl methyl sites for hydroxylation is 1. The SMILES string of the molecule is Cc1nc(/C=C(/F)[C@H](CCI)O[Si](C)(C)C(C)(C)C)co1. The molecule has 0 N–H and O–H groups in total. The standard InChI is InChI=1S/C15H25FINO2Si/c1-11-18-12(10-19-11)9-13(16)14(7-8-17)20-21(5,6)15(2,3)4/h9-10,14H,7-8H2,1-6H3/b13-9+/t14-/m0/s1. The van der Waals surface area contributed by atoms with Gasteiger partial charge in [0.25, 0.3) is 0 Å². The minimum absolute atomic E-state index is 0.0568. The van der Waals surface area contributed by atoms with Crippen molar-refractivity contribution in [3.63, 3.8) is 0 Å².